The molecule has 0 spiro atoms. The molecule has 0 aliphatic rings. The second kappa shape index (κ2) is 6.85. The summed E-state index contributed by atoms with van der Waals surface area (Å²) in [4.78, 5) is 11.8. The van der Waals surface area contributed by atoms with Crippen molar-refractivity contribution >= 4 is 23.7 Å². The van der Waals surface area contributed by atoms with Crippen molar-refractivity contribution in [2.24, 2.45) is 5.10 Å². The smallest absolute Gasteiger partial charge is 0.271 e. The number of rotatable bonds is 4. The number of hydrogen-bond acceptors (Lipinski definition) is 3. The van der Waals surface area contributed by atoms with E-state index in [-0.39, 0.29) is 5.56 Å². The lowest BCUT2D eigenvalue weighted by Gasteiger charge is -2.04. The van der Waals surface area contributed by atoms with Crippen LogP contribution < -0.4 is 10.2 Å². The van der Waals surface area contributed by atoms with Crippen molar-refractivity contribution < 1.29 is 13.9 Å². The third-order valence-corrected chi connectivity index (χ3v) is 2.88. The molecule has 4 nitrogen and oxygen atoms in total. The van der Waals surface area contributed by atoms with Crippen molar-refractivity contribution in [3.63, 3.8) is 0 Å². The summed E-state index contributed by atoms with van der Waals surface area (Å²) in [5, 5.41) is 4.33. The fourth-order valence-electron chi connectivity index (χ4n) is 1.66. The third kappa shape index (κ3) is 4.03. The summed E-state index contributed by atoms with van der Waals surface area (Å²) in [6, 6.07) is 10.4. The van der Waals surface area contributed by atoms with Gasteiger partial charge in [0.1, 0.15) is 11.6 Å². The molecule has 0 radical (unpaired) electrons. The van der Waals surface area contributed by atoms with Gasteiger partial charge in [0.2, 0.25) is 0 Å². The van der Waals surface area contributed by atoms with E-state index in [0.717, 1.165) is 6.07 Å². The third-order valence-electron chi connectivity index (χ3n) is 2.65. The number of amides is 1. The average Bonchev–Trinajstić information content (AvgIpc) is 2.47. The Balaban J connectivity index is 2.09. The van der Waals surface area contributed by atoms with Crippen molar-refractivity contribution in [1.29, 1.82) is 0 Å². The van der Waals surface area contributed by atoms with Crippen LogP contribution in [0.2, 0.25) is 5.02 Å². The maximum absolute atomic E-state index is 13.0. The van der Waals surface area contributed by atoms with E-state index >= 15 is 0 Å². The number of nitrogens with one attached hydrogen (secondary N) is 1. The van der Waals surface area contributed by atoms with Crippen molar-refractivity contribution in [3.8, 4) is 5.75 Å². The van der Waals surface area contributed by atoms with Crippen LogP contribution in [0, 0.1) is 5.82 Å². The lowest BCUT2D eigenvalue weighted by molar-refractivity contribution is 0.0954. The lowest BCUT2D eigenvalue weighted by Crippen LogP contribution is -2.17. The highest BCUT2D eigenvalue weighted by molar-refractivity contribution is 6.30. The monoisotopic (exact) mass is 306 g/mol. The van der Waals surface area contributed by atoms with Gasteiger partial charge >= 0.3 is 0 Å². The summed E-state index contributed by atoms with van der Waals surface area (Å²) in [6.07, 6.45) is 1.40. The Labute approximate surface area is 126 Å². The van der Waals surface area contributed by atoms with Crippen molar-refractivity contribution in [2.75, 3.05) is 7.11 Å². The number of halogens is 2. The van der Waals surface area contributed by atoms with Crippen LogP contribution in [0.5, 0.6) is 5.75 Å². The molecular weight excluding hydrogens is 295 g/mol. The molecule has 0 unspecified atom stereocenters. The van der Waals surface area contributed by atoms with E-state index in [9.17, 15) is 9.18 Å². The van der Waals surface area contributed by atoms with Gasteiger partial charge in [-0.25, -0.2) is 9.82 Å². The first-order chi connectivity index (χ1) is 10.1. The van der Waals surface area contributed by atoms with Crippen LogP contribution >= 0.6 is 11.6 Å². The standard InChI is InChI=1S/C15H12ClFN2O2/c1-21-14-6-5-12(16)7-11(14)9-18-19-15(20)10-3-2-4-13(17)8-10/h2-9H,1H3,(H,19,20)/b18-9+. The van der Waals surface area contributed by atoms with Gasteiger partial charge in [-0.15, -0.1) is 0 Å². The molecule has 1 amide bonds. The Morgan fingerprint density at radius 1 is 1.33 bits per heavy atom. The SMILES string of the molecule is COc1ccc(Cl)cc1/C=N/NC(=O)c1cccc(F)c1. The number of hydrazone groups is 1. The second-order valence-corrected chi connectivity index (χ2v) is 4.53. The quantitative estimate of drug-likeness (QED) is 0.696. The van der Waals surface area contributed by atoms with Gasteiger partial charge in [-0.3, -0.25) is 4.79 Å². The fraction of sp³-hybridized carbons (Fsp3) is 0.0667. The zero-order chi connectivity index (χ0) is 15.2. The molecule has 2 rings (SSSR count). The van der Waals surface area contributed by atoms with Gasteiger partial charge < -0.3 is 4.74 Å². The Hall–Kier alpha value is -2.40. The van der Waals surface area contributed by atoms with Crippen LogP contribution in [0.4, 0.5) is 4.39 Å². The molecule has 2 aromatic rings. The van der Waals surface area contributed by atoms with E-state index in [1.54, 1.807) is 18.2 Å². The highest BCUT2D eigenvalue weighted by Gasteiger charge is 2.05. The van der Waals surface area contributed by atoms with Gasteiger partial charge in [-0.05, 0) is 36.4 Å². The molecule has 0 aliphatic carbocycles. The zero-order valence-corrected chi connectivity index (χ0v) is 11.9. The first kappa shape index (κ1) is 15.0. The minimum atomic E-state index is -0.508. The number of carbonyl (C=O) groups excluding carboxylic acids is 1. The Kier molecular flexibility index (Phi) is 4.90. The number of hydrogen-bond donors (Lipinski definition) is 1. The Morgan fingerprint density at radius 2 is 2.14 bits per heavy atom. The maximum atomic E-state index is 13.0. The molecule has 1 N–H and O–H groups in total. The summed E-state index contributed by atoms with van der Waals surface area (Å²) in [7, 11) is 1.52. The molecule has 0 fully saturated rings. The van der Waals surface area contributed by atoms with Crippen molar-refractivity contribution in [2.45, 2.75) is 0 Å². The van der Waals surface area contributed by atoms with Gasteiger partial charge in [0.25, 0.3) is 5.91 Å². The van der Waals surface area contributed by atoms with E-state index in [1.165, 1.54) is 31.5 Å². The number of methoxy groups -OCH3 is 1. The van der Waals surface area contributed by atoms with Gasteiger partial charge in [-0.1, -0.05) is 17.7 Å². The Morgan fingerprint density at radius 3 is 2.86 bits per heavy atom. The first-order valence-electron chi connectivity index (χ1n) is 6.02. The summed E-state index contributed by atoms with van der Waals surface area (Å²) >= 11 is 5.88. The summed E-state index contributed by atoms with van der Waals surface area (Å²) in [5.41, 5.74) is 3.11. The molecule has 0 bridgehead atoms. The van der Waals surface area contributed by atoms with Crippen molar-refractivity contribution in [3.05, 3.63) is 64.4 Å². The number of benzene rings is 2. The molecule has 0 heterocycles. The molecule has 0 saturated carbocycles. The van der Waals surface area contributed by atoms with Gasteiger partial charge in [-0.2, -0.15) is 5.10 Å². The highest BCUT2D eigenvalue weighted by atomic mass is 35.5. The minimum Gasteiger partial charge on any atom is -0.496 e. The number of ether oxygens (including phenoxy) is 1. The van der Waals surface area contributed by atoms with Gasteiger partial charge in [0.15, 0.2) is 0 Å². The van der Waals surface area contributed by atoms with Crippen LogP contribution in [0.15, 0.2) is 47.6 Å². The molecule has 0 aromatic heterocycles. The highest BCUT2D eigenvalue weighted by Crippen LogP contribution is 2.20. The summed E-state index contributed by atoms with van der Waals surface area (Å²) < 4.78 is 18.2. The van der Waals surface area contributed by atoms with Gasteiger partial charge in [0, 0.05) is 16.1 Å². The normalized spacial score (nSPS) is 10.6. The molecular formula is C15H12ClFN2O2. The lowest BCUT2D eigenvalue weighted by atomic mass is 10.2. The summed E-state index contributed by atoms with van der Waals surface area (Å²) in [5.74, 6) is -0.418. The molecule has 2 aromatic carbocycles. The number of carbonyl (C=O) groups is 1. The predicted octanol–water partition coefficient (Wildman–Crippen LogP) is 3.25. The first-order valence-corrected chi connectivity index (χ1v) is 6.40. The van der Waals surface area contributed by atoms with Crippen LogP contribution in [0.3, 0.4) is 0 Å². The average molecular weight is 307 g/mol. The molecule has 0 saturated heterocycles. The molecule has 108 valence electrons. The Bertz CT molecular complexity index is 689. The molecule has 0 atom stereocenters. The second-order valence-electron chi connectivity index (χ2n) is 4.10. The van der Waals surface area contributed by atoms with E-state index < -0.39 is 11.7 Å². The maximum Gasteiger partial charge on any atom is 0.271 e. The summed E-state index contributed by atoms with van der Waals surface area (Å²) in [6.45, 7) is 0. The van der Waals surface area contributed by atoms with E-state index in [4.69, 9.17) is 16.3 Å². The minimum absolute atomic E-state index is 0.185. The molecule has 0 aliphatic heterocycles. The van der Waals surface area contributed by atoms with Crippen LogP contribution in [0.1, 0.15) is 15.9 Å². The largest absolute Gasteiger partial charge is 0.496 e. The van der Waals surface area contributed by atoms with E-state index in [0.29, 0.717) is 16.3 Å². The van der Waals surface area contributed by atoms with Crippen molar-refractivity contribution in [1.82, 2.24) is 5.43 Å². The van der Waals surface area contributed by atoms with E-state index in [1.807, 2.05) is 0 Å². The molecule has 6 heteroatoms. The van der Waals surface area contributed by atoms with Crippen LogP contribution in [-0.4, -0.2) is 19.2 Å². The molecule has 21 heavy (non-hydrogen) atoms. The number of nitrogens with zero attached hydrogens (tertiary/aromatic N) is 1. The zero-order valence-electron chi connectivity index (χ0n) is 11.1. The van der Waals surface area contributed by atoms with Crippen LogP contribution in [0.25, 0.3) is 0 Å². The predicted molar refractivity (Wildman–Crippen MR) is 79.5 cm³/mol. The fourth-order valence-corrected chi connectivity index (χ4v) is 1.84. The topological polar surface area (TPSA) is 50.7 Å². The van der Waals surface area contributed by atoms with E-state index in [2.05, 4.69) is 10.5 Å². The van der Waals surface area contributed by atoms with Gasteiger partial charge in [0.05, 0.1) is 13.3 Å². The van der Waals surface area contributed by atoms with Crippen LogP contribution in [-0.2, 0) is 0 Å².